The van der Waals surface area contributed by atoms with Gasteiger partial charge in [-0.1, -0.05) is 23.2 Å². The molecular weight excluding hydrogens is 375 g/mol. The number of furan rings is 1. The molecule has 0 unspecified atom stereocenters. The molecule has 0 saturated heterocycles. The van der Waals surface area contributed by atoms with Crippen molar-refractivity contribution in [2.75, 3.05) is 6.79 Å². The van der Waals surface area contributed by atoms with Crippen LogP contribution in [-0.4, -0.2) is 12.6 Å². The number of allylic oxidation sites excluding steroid dienone is 1. The topological polar surface area (TPSA) is 48.7 Å². The lowest BCUT2D eigenvalue weighted by atomic mass is 10.1. The van der Waals surface area contributed by atoms with Crippen molar-refractivity contribution >= 4 is 35.1 Å². The van der Waals surface area contributed by atoms with E-state index in [9.17, 15) is 4.79 Å². The van der Waals surface area contributed by atoms with E-state index in [4.69, 9.17) is 37.1 Å². The van der Waals surface area contributed by atoms with Crippen LogP contribution < -0.4 is 9.47 Å². The molecule has 1 aliphatic heterocycles. The molecule has 6 heteroatoms. The molecule has 2 heterocycles. The van der Waals surface area contributed by atoms with Gasteiger partial charge in [0.25, 0.3) is 0 Å². The summed E-state index contributed by atoms with van der Waals surface area (Å²) in [5.74, 6) is 2.25. The Balaban J connectivity index is 1.51. The Morgan fingerprint density at radius 1 is 0.923 bits per heavy atom. The number of carbonyl (C=O) groups excluding carboxylic acids is 1. The molecule has 0 atom stereocenters. The van der Waals surface area contributed by atoms with Crippen molar-refractivity contribution in [3.8, 4) is 22.8 Å². The Labute approximate surface area is 159 Å². The van der Waals surface area contributed by atoms with Crippen LogP contribution in [0.5, 0.6) is 11.5 Å². The first-order valence-corrected chi connectivity index (χ1v) is 8.53. The van der Waals surface area contributed by atoms with Gasteiger partial charge in [0.2, 0.25) is 6.79 Å². The fraction of sp³-hybridized carbons (Fsp3) is 0.0500. The number of ketones is 1. The third-order valence-corrected chi connectivity index (χ3v) is 4.63. The largest absolute Gasteiger partial charge is 0.457 e. The van der Waals surface area contributed by atoms with Gasteiger partial charge in [-0.2, -0.15) is 0 Å². The van der Waals surface area contributed by atoms with E-state index in [1.807, 2.05) is 12.1 Å². The van der Waals surface area contributed by atoms with Gasteiger partial charge >= 0.3 is 0 Å². The summed E-state index contributed by atoms with van der Waals surface area (Å²) in [7, 11) is 0. The van der Waals surface area contributed by atoms with Crippen molar-refractivity contribution in [3.63, 3.8) is 0 Å². The van der Waals surface area contributed by atoms with Crippen LogP contribution in [0.1, 0.15) is 16.1 Å². The number of hydrogen-bond acceptors (Lipinski definition) is 4. The molecule has 0 saturated carbocycles. The second kappa shape index (κ2) is 6.90. The van der Waals surface area contributed by atoms with Gasteiger partial charge in [-0.15, -0.1) is 0 Å². The molecule has 0 radical (unpaired) electrons. The number of ether oxygens (including phenoxy) is 2. The van der Waals surface area contributed by atoms with Crippen molar-refractivity contribution in [3.05, 3.63) is 76.0 Å². The number of halogens is 2. The lowest BCUT2D eigenvalue weighted by Crippen LogP contribution is -1.94. The molecule has 130 valence electrons. The number of fused-ring (bicyclic) bond motifs is 1. The van der Waals surface area contributed by atoms with Gasteiger partial charge in [0, 0.05) is 11.1 Å². The molecule has 4 rings (SSSR count). The Kier molecular flexibility index (Phi) is 4.45. The quantitative estimate of drug-likeness (QED) is 0.415. The van der Waals surface area contributed by atoms with Crippen molar-refractivity contribution in [2.24, 2.45) is 0 Å². The Bertz CT molecular complexity index is 1020. The zero-order valence-corrected chi connectivity index (χ0v) is 14.9. The Morgan fingerprint density at radius 2 is 1.77 bits per heavy atom. The van der Waals surface area contributed by atoms with E-state index in [1.165, 1.54) is 6.08 Å². The maximum absolute atomic E-state index is 12.3. The second-order valence-electron chi connectivity index (χ2n) is 5.60. The zero-order valence-electron chi connectivity index (χ0n) is 13.4. The minimum Gasteiger partial charge on any atom is -0.457 e. The summed E-state index contributed by atoms with van der Waals surface area (Å²) in [5, 5.41) is 0.937. The molecule has 0 fully saturated rings. The highest BCUT2D eigenvalue weighted by Gasteiger charge is 2.15. The molecule has 26 heavy (non-hydrogen) atoms. The van der Waals surface area contributed by atoms with Crippen LogP contribution in [0.2, 0.25) is 10.0 Å². The fourth-order valence-electron chi connectivity index (χ4n) is 2.55. The Hall–Kier alpha value is -2.69. The van der Waals surface area contributed by atoms with Crippen molar-refractivity contribution in [2.45, 2.75) is 0 Å². The monoisotopic (exact) mass is 386 g/mol. The van der Waals surface area contributed by atoms with E-state index in [1.54, 1.807) is 42.5 Å². The summed E-state index contributed by atoms with van der Waals surface area (Å²) in [4.78, 5) is 12.3. The standard InChI is InChI=1S/C20H12Cl2O4/c21-15-5-1-13(9-16(15)22)18-8-4-14(26-18)3-6-17(23)12-2-7-19-20(10-12)25-11-24-19/h1-10H,11H2/b6-3+. The van der Waals surface area contributed by atoms with Gasteiger partial charge in [-0.05, 0) is 60.7 Å². The summed E-state index contributed by atoms with van der Waals surface area (Å²) in [6.45, 7) is 0.173. The molecule has 3 aromatic rings. The molecule has 0 aliphatic carbocycles. The van der Waals surface area contributed by atoms with Crippen molar-refractivity contribution < 1.29 is 18.7 Å². The van der Waals surface area contributed by atoms with E-state index in [0.29, 0.717) is 38.6 Å². The Morgan fingerprint density at radius 3 is 2.62 bits per heavy atom. The first-order valence-electron chi connectivity index (χ1n) is 7.77. The highest BCUT2D eigenvalue weighted by Crippen LogP contribution is 2.33. The predicted octanol–water partition coefficient (Wildman–Crippen LogP) is 5.88. The average molecular weight is 387 g/mol. The molecule has 1 aromatic heterocycles. The fourth-order valence-corrected chi connectivity index (χ4v) is 2.85. The summed E-state index contributed by atoms with van der Waals surface area (Å²) >= 11 is 12.0. The van der Waals surface area contributed by atoms with Gasteiger partial charge in [0.15, 0.2) is 17.3 Å². The summed E-state index contributed by atoms with van der Waals surface area (Å²) in [6.07, 6.45) is 3.07. The number of hydrogen-bond donors (Lipinski definition) is 0. The van der Waals surface area contributed by atoms with Crippen LogP contribution in [0.25, 0.3) is 17.4 Å². The molecule has 0 bridgehead atoms. The molecule has 1 aliphatic rings. The maximum Gasteiger partial charge on any atom is 0.231 e. The van der Waals surface area contributed by atoms with E-state index < -0.39 is 0 Å². The normalized spacial score (nSPS) is 12.7. The van der Waals surface area contributed by atoms with Gasteiger partial charge in [-0.25, -0.2) is 0 Å². The van der Waals surface area contributed by atoms with Gasteiger partial charge < -0.3 is 13.9 Å². The summed E-state index contributed by atoms with van der Waals surface area (Å²) < 4.78 is 16.3. The van der Waals surface area contributed by atoms with Crippen LogP contribution >= 0.6 is 23.2 Å². The van der Waals surface area contributed by atoms with Crippen LogP contribution in [0.4, 0.5) is 0 Å². The summed E-state index contributed by atoms with van der Waals surface area (Å²) in [5.41, 5.74) is 1.32. The zero-order chi connectivity index (χ0) is 18.1. The van der Waals surface area contributed by atoms with E-state index in [2.05, 4.69) is 0 Å². The van der Waals surface area contributed by atoms with Crippen molar-refractivity contribution in [1.29, 1.82) is 0 Å². The highest BCUT2D eigenvalue weighted by atomic mass is 35.5. The molecule has 0 amide bonds. The van der Waals surface area contributed by atoms with Gasteiger partial charge in [0.05, 0.1) is 10.0 Å². The lowest BCUT2D eigenvalue weighted by Gasteiger charge is -2.00. The lowest BCUT2D eigenvalue weighted by molar-refractivity contribution is 0.104. The minimum absolute atomic E-state index is 0.157. The van der Waals surface area contributed by atoms with Crippen LogP contribution in [0, 0.1) is 0 Å². The minimum atomic E-state index is -0.157. The summed E-state index contributed by atoms with van der Waals surface area (Å²) in [6, 6.07) is 13.9. The number of carbonyl (C=O) groups is 1. The molecule has 0 spiro atoms. The van der Waals surface area contributed by atoms with Crippen LogP contribution in [0.15, 0.2) is 59.0 Å². The predicted molar refractivity (Wildman–Crippen MR) is 100 cm³/mol. The number of benzene rings is 2. The second-order valence-corrected chi connectivity index (χ2v) is 6.41. The van der Waals surface area contributed by atoms with E-state index in [0.717, 1.165) is 5.56 Å². The molecule has 2 aromatic carbocycles. The third-order valence-electron chi connectivity index (χ3n) is 3.89. The molecule has 0 N–H and O–H groups in total. The first-order chi connectivity index (χ1) is 12.6. The molecule has 4 nitrogen and oxygen atoms in total. The van der Waals surface area contributed by atoms with E-state index >= 15 is 0 Å². The third kappa shape index (κ3) is 3.34. The number of rotatable bonds is 4. The highest BCUT2D eigenvalue weighted by molar-refractivity contribution is 6.42. The van der Waals surface area contributed by atoms with Crippen LogP contribution in [0.3, 0.4) is 0 Å². The molecular formula is C20H12Cl2O4. The van der Waals surface area contributed by atoms with Gasteiger partial charge in [0.1, 0.15) is 11.5 Å². The van der Waals surface area contributed by atoms with Crippen molar-refractivity contribution in [1.82, 2.24) is 0 Å². The smallest absolute Gasteiger partial charge is 0.231 e. The first kappa shape index (κ1) is 16.8. The van der Waals surface area contributed by atoms with E-state index in [-0.39, 0.29) is 12.6 Å². The maximum atomic E-state index is 12.3. The SMILES string of the molecule is O=C(/C=C/c1ccc(-c2ccc(Cl)c(Cl)c2)o1)c1ccc2c(c1)OCO2. The average Bonchev–Trinajstić information content (AvgIpc) is 3.30. The van der Waals surface area contributed by atoms with Gasteiger partial charge in [-0.3, -0.25) is 4.79 Å². The van der Waals surface area contributed by atoms with Crippen LogP contribution in [-0.2, 0) is 0 Å².